The summed E-state index contributed by atoms with van der Waals surface area (Å²) in [5.41, 5.74) is 3.17. The van der Waals surface area contributed by atoms with E-state index in [0.717, 1.165) is 42.2 Å². The van der Waals surface area contributed by atoms with Crippen LogP contribution in [0.3, 0.4) is 0 Å². The lowest BCUT2D eigenvalue weighted by Gasteiger charge is -2.57. The van der Waals surface area contributed by atoms with Gasteiger partial charge in [0.2, 0.25) is 0 Å². The SMILES string of the molecule is COc1ccc(C(=O)N2CCc3c(ncnc3NCC34CC5CC(CC(C5)C3)C4)C2)cc1OC. The van der Waals surface area contributed by atoms with Gasteiger partial charge in [-0.15, -0.1) is 0 Å². The topological polar surface area (TPSA) is 76.6 Å². The number of fused-ring (bicyclic) bond motifs is 1. The van der Waals surface area contributed by atoms with Gasteiger partial charge >= 0.3 is 0 Å². The minimum atomic E-state index is -0.0201. The first-order valence-electron chi connectivity index (χ1n) is 12.6. The predicted octanol–water partition coefficient (Wildman–Crippen LogP) is 4.32. The maximum absolute atomic E-state index is 13.2. The molecule has 2 aromatic rings. The fraction of sp³-hybridized carbons (Fsp3) is 0.593. The van der Waals surface area contributed by atoms with Crippen molar-refractivity contribution in [3.05, 3.63) is 41.3 Å². The molecule has 1 N–H and O–H groups in total. The Balaban J connectivity index is 1.16. The maximum Gasteiger partial charge on any atom is 0.254 e. The molecule has 4 bridgehead atoms. The Morgan fingerprint density at radius 3 is 2.44 bits per heavy atom. The molecule has 1 aliphatic heterocycles. The molecule has 0 unspecified atom stereocenters. The van der Waals surface area contributed by atoms with Gasteiger partial charge in [-0.25, -0.2) is 9.97 Å². The molecule has 1 aromatic heterocycles. The zero-order chi connectivity index (χ0) is 23.3. The lowest BCUT2D eigenvalue weighted by atomic mass is 9.49. The van der Waals surface area contributed by atoms with Crippen LogP contribution in [0.5, 0.6) is 11.5 Å². The second-order valence-corrected chi connectivity index (χ2v) is 11.0. The summed E-state index contributed by atoms with van der Waals surface area (Å²) in [6, 6.07) is 5.31. The Morgan fingerprint density at radius 2 is 1.76 bits per heavy atom. The van der Waals surface area contributed by atoms with E-state index in [1.54, 1.807) is 38.7 Å². The van der Waals surface area contributed by atoms with E-state index in [1.165, 1.54) is 44.1 Å². The van der Waals surface area contributed by atoms with Crippen molar-refractivity contribution < 1.29 is 14.3 Å². The van der Waals surface area contributed by atoms with Gasteiger partial charge in [-0.2, -0.15) is 0 Å². The largest absolute Gasteiger partial charge is 0.493 e. The zero-order valence-electron chi connectivity index (χ0n) is 20.2. The van der Waals surface area contributed by atoms with E-state index in [4.69, 9.17) is 9.47 Å². The standard InChI is InChI=1S/C27H34N4O3/c1-33-23-4-3-20(10-24(23)34-2)26(32)31-6-5-21-22(14-31)29-16-30-25(21)28-15-27-11-17-7-18(12-27)9-19(8-17)13-27/h3-4,10,16-19H,5-9,11-15H2,1-2H3,(H,28,29,30). The Morgan fingerprint density at radius 1 is 1.06 bits per heavy atom. The van der Waals surface area contributed by atoms with Crippen molar-refractivity contribution in [2.45, 2.75) is 51.5 Å². The molecule has 7 nitrogen and oxygen atoms in total. The Kier molecular flexibility index (Phi) is 5.38. The molecule has 4 fully saturated rings. The van der Waals surface area contributed by atoms with E-state index in [2.05, 4.69) is 15.3 Å². The van der Waals surface area contributed by atoms with Gasteiger partial charge in [0.1, 0.15) is 12.1 Å². The van der Waals surface area contributed by atoms with E-state index in [1.807, 2.05) is 4.90 Å². The summed E-state index contributed by atoms with van der Waals surface area (Å²) in [6.45, 7) is 2.17. The summed E-state index contributed by atoms with van der Waals surface area (Å²) in [4.78, 5) is 24.3. The lowest BCUT2D eigenvalue weighted by Crippen LogP contribution is -2.49. The zero-order valence-corrected chi connectivity index (χ0v) is 20.2. The Hall–Kier alpha value is -2.83. The van der Waals surface area contributed by atoms with E-state index in [9.17, 15) is 4.79 Å². The average Bonchev–Trinajstić information content (AvgIpc) is 2.85. The van der Waals surface area contributed by atoms with Crippen LogP contribution < -0.4 is 14.8 Å². The number of amides is 1. The van der Waals surface area contributed by atoms with Crippen molar-refractivity contribution in [2.24, 2.45) is 23.2 Å². The fourth-order valence-electron chi connectivity index (χ4n) is 7.61. The second kappa shape index (κ2) is 8.43. The Bertz CT molecular complexity index is 1070. The summed E-state index contributed by atoms with van der Waals surface area (Å²) in [7, 11) is 3.17. The number of aromatic nitrogens is 2. The molecule has 0 atom stereocenters. The highest BCUT2D eigenvalue weighted by molar-refractivity contribution is 5.95. The number of hydrogen-bond donors (Lipinski definition) is 1. The van der Waals surface area contributed by atoms with E-state index in [0.29, 0.717) is 35.6 Å². The minimum Gasteiger partial charge on any atom is -0.493 e. The van der Waals surface area contributed by atoms with Gasteiger partial charge in [-0.1, -0.05) is 0 Å². The normalized spacial score (nSPS) is 29.0. The fourth-order valence-corrected chi connectivity index (χ4v) is 7.61. The number of nitrogens with zero attached hydrogens (tertiary/aromatic N) is 3. The summed E-state index contributed by atoms with van der Waals surface area (Å²) in [5.74, 6) is 4.97. The highest BCUT2D eigenvalue weighted by Crippen LogP contribution is 2.59. The van der Waals surface area contributed by atoms with Crippen LogP contribution in [0.25, 0.3) is 0 Å². The van der Waals surface area contributed by atoms with Crippen LogP contribution in [0, 0.1) is 23.2 Å². The molecule has 4 aliphatic carbocycles. The van der Waals surface area contributed by atoms with E-state index < -0.39 is 0 Å². The molecule has 5 aliphatic rings. The van der Waals surface area contributed by atoms with Crippen molar-refractivity contribution in [1.29, 1.82) is 0 Å². The van der Waals surface area contributed by atoms with Gasteiger partial charge in [0, 0.05) is 24.2 Å². The highest BCUT2D eigenvalue weighted by atomic mass is 16.5. The van der Waals surface area contributed by atoms with Gasteiger partial charge in [0.25, 0.3) is 5.91 Å². The predicted molar refractivity (Wildman–Crippen MR) is 129 cm³/mol. The lowest BCUT2D eigenvalue weighted by molar-refractivity contribution is -0.0444. The number of methoxy groups -OCH3 is 2. The molecule has 180 valence electrons. The molecular weight excluding hydrogens is 428 g/mol. The number of benzene rings is 1. The summed E-state index contributed by atoms with van der Waals surface area (Å²) >= 11 is 0. The number of carbonyl (C=O) groups excluding carboxylic acids is 1. The van der Waals surface area contributed by atoms with Crippen LogP contribution in [0.1, 0.15) is 60.1 Å². The number of ether oxygens (including phenoxy) is 2. The van der Waals surface area contributed by atoms with Crippen molar-refractivity contribution >= 4 is 11.7 Å². The van der Waals surface area contributed by atoms with Crippen molar-refractivity contribution in [3.63, 3.8) is 0 Å². The first-order valence-corrected chi connectivity index (χ1v) is 12.6. The highest BCUT2D eigenvalue weighted by Gasteiger charge is 2.50. The summed E-state index contributed by atoms with van der Waals surface area (Å²) in [5, 5.41) is 3.75. The van der Waals surface area contributed by atoms with Crippen molar-refractivity contribution in [2.75, 3.05) is 32.6 Å². The van der Waals surface area contributed by atoms with Gasteiger partial charge in [0.15, 0.2) is 11.5 Å². The molecule has 2 heterocycles. The third-order valence-electron chi connectivity index (χ3n) is 8.72. The van der Waals surface area contributed by atoms with Gasteiger partial charge in [-0.3, -0.25) is 4.79 Å². The van der Waals surface area contributed by atoms with Crippen LogP contribution in [-0.2, 0) is 13.0 Å². The number of rotatable bonds is 6. The van der Waals surface area contributed by atoms with Crippen LogP contribution in [-0.4, -0.2) is 48.1 Å². The number of hydrogen-bond acceptors (Lipinski definition) is 6. The summed E-state index contributed by atoms with van der Waals surface area (Å²) in [6.07, 6.45) is 10.9. The number of carbonyl (C=O) groups is 1. The van der Waals surface area contributed by atoms with Gasteiger partial charge in [0.05, 0.1) is 26.5 Å². The second-order valence-electron chi connectivity index (χ2n) is 11.0. The minimum absolute atomic E-state index is 0.0201. The molecule has 34 heavy (non-hydrogen) atoms. The van der Waals surface area contributed by atoms with E-state index in [-0.39, 0.29) is 5.91 Å². The van der Waals surface area contributed by atoms with Crippen LogP contribution in [0.2, 0.25) is 0 Å². The summed E-state index contributed by atoms with van der Waals surface area (Å²) < 4.78 is 10.7. The van der Waals surface area contributed by atoms with Gasteiger partial charge < -0.3 is 19.7 Å². The molecule has 7 heteroatoms. The third-order valence-corrected chi connectivity index (χ3v) is 8.72. The average molecular weight is 463 g/mol. The molecule has 0 saturated heterocycles. The molecule has 0 radical (unpaired) electrons. The smallest absolute Gasteiger partial charge is 0.254 e. The molecule has 0 spiro atoms. The van der Waals surface area contributed by atoms with Crippen molar-refractivity contribution in [3.8, 4) is 11.5 Å². The molecular formula is C27H34N4O3. The molecule has 1 aromatic carbocycles. The Labute approximate surface area is 201 Å². The maximum atomic E-state index is 13.2. The van der Waals surface area contributed by atoms with Crippen LogP contribution in [0.4, 0.5) is 5.82 Å². The van der Waals surface area contributed by atoms with Crippen LogP contribution >= 0.6 is 0 Å². The first-order chi connectivity index (χ1) is 16.6. The third kappa shape index (κ3) is 3.79. The number of anilines is 1. The van der Waals surface area contributed by atoms with Crippen LogP contribution in [0.15, 0.2) is 24.5 Å². The molecule has 7 rings (SSSR count). The monoisotopic (exact) mass is 462 g/mol. The molecule has 1 amide bonds. The first kappa shape index (κ1) is 21.7. The van der Waals surface area contributed by atoms with E-state index >= 15 is 0 Å². The molecule has 4 saturated carbocycles. The number of nitrogens with one attached hydrogen (secondary N) is 1. The van der Waals surface area contributed by atoms with Gasteiger partial charge in [-0.05, 0) is 86.3 Å². The quantitative estimate of drug-likeness (QED) is 0.689. The van der Waals surface area contributed by atoms with Crippen molar-refractivity contribution in [1.82, 2.24) is 14.9 Å².